The Kier molecular flexibility index (Phi) is 8.34. The van der Waals surface area contributed by atoms with Crippen molar-refractivity contribution in [3.63, 3.8) is 0 Å². The molecule has 1 unspecified atom stereocenters. The van der Waals surface area contributed by atoms with Crippen LogP contribution in [0.4, 0.5) is 10.6 Å². The Morgan fingerprint density at radius 1 is 1.10 bits per heavy atom. The van der Waals surface area contributed by atoms with E-state index < -0.39 is 12.1 Å². The number of aromatic nitrogens is 1. The molecule has 0 aliphatic heterocycles. The molecule has 8 nitrogen and oxygen atoms in total. The van der Waals surface area contributed by atoms with E-state index in [1.54, 1.807) is 12.3 Å². The lowest BCUT2D eigenvalue weighted by atomic mass is 10.0. The van der Waals surface area contributed by atoms with Gasteiger partial charge in [-0.2, -0.15) is 0 Å². The maximum Gasteiger partial charge on any atom is 0.315 e. The van der Waals surface area contributed by atoms with Crippen molar-refractivity contribution < 1.29 is 14.4 Å². The molecule has 0 saturated heterocycles. The molecular weight excluding hydrogens is 382 g/mol. The summed E-state index contributed by atoms with van der Waals surface area (Å²) >= 11 is 0. The van der Waals surface area contributed by atoms with Crippen molar-refractivity contribution in [3.05, 3.63) is 59.8 Å². The Morgan fingerprint density at radius 2 is 1.80 bits per heavy atom. The number of nitrogens with one attached hydrogen (secondary N) is 3. The molecular formula is C22H29N5O3. The zero-order valence-corrected chi connectivity index (χ0v) is 17.8. The Balaban J connectivity index is 1.89. The summed E-state index contributed by atoms with van der Waals surface area (Å²) in [5.41, 5.74) is 1.92. The fourth-order valence-corrected chi connectivity index (χ4v) is 2.80. The molecule has 30 heavy (non-hydrogen) atoms. The van der Waals surface area contributed by atoms with E-state index in [2.05, 4.69) is 20.9 Å². The normalized spacial score (nSPS) is 11.5. The first-order chi connectivity index (χ1) is 14.3. The summed E-state index contributed by atoms with van der Waals surface area (Å²) in [6.45, 7) is 5.78. The second-order valence-electron chi connectivity index (χ2n) is 7.50. The summed E-state index contributed by atoms with van der Waals surface area (Å²) in [6.07, 6.45) is 1.60. The quantitative estimate of drug-likeness (QED) is 0.620. The van der Waals surface area contributed by atoms with Gasteiger partial charge in [-0.15, -0.1) is 0 Å². The predicted octanol–water partition coefficient (Wildman–Crippen LogP) is 2.31. The number of benzene rings is 1. The van der Waals surface area contributed by atoms with Crippen LogP contribution in [0.15, 0.2) is 48.7 Å². The molecule has 0 fully saturated rings. The summed E-state index contributed by atoms with van der Waals surface area (Å²) < 4.78 is 0. The average Bonchev–Trinajstić information content (AvgIpc) is 2.70. The number of rotatable bonds is 8. The van der Waals surface area contributed by atoms with E-state index in [0.717, 1.165) is 11.1 Å². The van der Waals surface area contributed by atoms with Crippen molar-refractivity contribution in [2.24, 2.45) is 5.92 Å². The van der Waals surface area contributed by atoms with Crippen LogP contribution in [0, 0.1) is 12.8 Å². The number of aryl methyl sites for hydroxylation is 1. The lowest BCUT2D eigenvalue weighted by Crippen LogP contribution is -2.53. The molecule has 3 N–H and O–H groups in total. The minimum Gasteiger partial charge on any atom is -0.335 e. The van der Waals surface area contributed by atoms with Gasteiger partial charge in [-0.25, -0.2) is 9.78 Å². The molecule has 2 aromatic rings. The molecule has 0 aliphatic rings. The third-order valence-electron chi connectivity index (χ3n) is 4.46. The predicted molar refractivity (Wildman–Crippen MR) is 116 cm³/mol. The minimum atomic E-state index is -0.754. The molecule has 0 radical (unpaired) electrons. The second kappa shape index (κ2) is 10.9. The van der Waals surface area contributed by atoms with E-state index in [9.17, 15) is 14.4 Å². The van der Waals surface area contributed by atoms with Crippen molar-refractivity contribution in [3.8, 4) is 0 Å². The van der Waals surface area contributed by atoms with E-state index in [4.69, 9.17) is 0 Å². The molecule has 0 bridgehead atoms. The van der Waals surface area contributed by atoms with Crippen molar-refractivity contribution in [1.82, 2.24) is 20.5 Å². The summed E-state index contributed by atoms with van der Waals surface area (Å²) in [4.78, 5) is 42.7. The Bertz CT molecular complexity index is 870. The van der Waals surface area contributed by atoms with Gasteiger partial charge in [0.05, 0.1) is 6.54 Å². The summed E-state index contributed by atoms with van der Waals surface area (Å²) in [6, 6.07) is 11.9. The highest BCUT2D eigenvalue weighted by Gasteiger charge is 2.28. The van der Waals surface area contributed by atoms with Gasteiger partial charge < -0.3 is 20.9 Å². The van der Waals surface area contributed by atoms with Crippen LogP contribution in [0.5, 0.6) is 0 Å². The molecule has 0 aliphatic carbocycles. The molecule has 0 spiro atoms. The average molecular weight is 412 g/mol. The molecule has 160 valence electrons. The molecule has 1 aromatic heterocycles. The third kappa shape index (κ3) is 7.20. The molecule has 0 saturated carbocycles. The minimum absolute atomic E-state index is 0.148. The van der Waals surface area contributed by atoms with Crippen LogP contribution in [0.3, 0.4) is 0 Å². The first kappa shape index (κ1) is 22.9. The molecule has 8 heteroatoms. The lowest BCUT2D eigenvalue weighted by Gasteiger charge is -2.26. The smallest absolute Gasteiger partial charge is 0.315 e. The van der Waals surface area contributed by atoms with Crippen molar-refractivity contribution >= 4 is 23.7 Å². The van der Waals surface area contributed by atoms with E-state index in [-0.39, 0.29) is 24.3 Å². The molecule has 4 amide bonds. The van der Waals surface area contributed by atoms with Crippen LogP contribution in [0.1, 0.15) is 25.0 Å². The molecule has 2 rings (SSSR count). The number of carbonyl (C=O) groups is 3. The van der Waals surface area contributed by atoms with Gasteiger partial charge >= 0.3 is 6.03 Å². The third-order valence-corrected chi connectivity index (χ3v) is 4.46. The molecule has 1 heterocycles. The maximum absolute atomic E-state index is 12.8. The van der Waals surface area contributed by atoms with E-state index in [1.165, 1.54) is 11.9 Å². The van der Waals surface area contributed by atoms with Crippen LogP contribution in [0.25, 0.3) is 0 Å². The van der Waals surface area contributed by atoms with Crippen LogP contribution in [0.2, 0.25) is 0 Å². The van der Waals surface area contributed by atoms with Crippen LogP contribution in [-0.2, 0) is 16.1 Å². The maximum atomic E-state index is 12.8. The van der Waals surface area contributed by atoms with Crippen LogP contribution < -0.4 is 16.0 Å². The van der Waals surface area contributed by atoms with Crippen LogP contribution in [-0.4, -0.2) is 47.4 Å². The van der Waals surface area contributed by atoms with Crippen molar-refractivity contribution in [2.75, 3.05) is 18.9 Å². The van der Waals surface area contributed by atoms with Gasteiger partial charge in [-0.3, -0.25) is 9.59 Å². The van der Waals surface area contributed by atoms with Crippen molar-refractivity contribution in [2.45, 2.75) is 33.4 Å². The van der Waals surface area contributed by atoms with Gasteiger partial charge in [0.1, 0.15) is 11.9 Å². The van der Waals surface area contributed by atoms with Gasteiger partial charge in [-0.05, 0) is 36.1 Å². The SMILES string of the molecule is Cc1ccnc(NC(=O)CN(C)C(=O)C(NC(=O)NCc2ccccc2)C(C)C)c1. The Hall–Kier alpha value is -3.42. The van der Waals surface area contributed by atoms with Gasteiger partial charge in [-0.1, -0.05) is 44.2 Å². The van der Waals surface area contributed by atoms with Gasteiger partial charge in [0.15, 0.2) is 0 Å². The van der Waals surface area contributed by atoms with E-state index in [0.29, 0.717) is 12.4 Å². The number of urea groups is 1. The zero-order valence-electron chi connectivity index (χ0n) is 17.8. The van der Waals surface area contributed by atoms with Crippen molar-refractivity contribution in [1.29, 1.82) is 0 Å². The lowest BCUT2D eigenvalue weighted by molar-refractivity contribution is -0.135. The highest BCUT2D eigenvalue weighted by molar-refractivity contribution is 5.95. The number of likely N-dealkylation sites (N-methyl/N-ethyl adjacent to an activating group) is 1. The number of anilines is 1. The van der Waals surface area contributed by atoms with E-state index >= 15 is 0 Å². The fourth-order valence-electron chi connectivity index (χ4n) is 2.80. The highest BCUT2D eigenvalue weighted by Crippen LogP contribution is 2.08. The summed E-state index contributed by atoms with van der Waals surface area (Å²) in [7, 11) is 1.53. The summed E-state index contributed by atoms with van der Waals surface area (Å²) in [5, 5.41) is 8.13. The fraction of sp³-hybridized carbons (Fsp3) is 0.364. The number of amides is 4. The number of carbonyl (C=O) groups excluding carboxylic acids is 3. The Labute approximate surface area is 177 Å². The second-order valence-corrected chi connectivity index (χ2v) is 7.50. The summed E-state index contributed by atoms with van der Waals surface area (Å²) in [5.74, 6) is -0.421. The van der Waals surface area contributed by atoms with Gasteiger partial charge in [0.2, 0.25) is 11.8 Å². The first-order valence-electron chi connectivity index (χ1n) is 9.82. The van der Waals surface area contributed by atoms with Gasteiger partial charge in [0.25, 0.3) is 0 Å². The topological polar surface area (TPSA) is 103 Å². The van der Waals surface area contributed by atoms with Crippen LogP contribution >= 0.6 is 0 Å². The zero-order chi connectivity index (χ0) is 22.1. The number of pyridine rings is 1. The standard InChI is InChI=1S/C22H29N5O3/c1-15(2)20(26-22(30)24-13-17-8-6-5-7-9-17)21(29)27(4)14-19(28)25-18-12-16(3)10-11-23-18/h5-12,15,20H,13-14H2,1-4H3,(H,23,25,28)(H2,24,26,30). The number of hydrogen-bond donors (Lipinski definition) is 3. The number of hydrogen-bond acceptors (Lipinski definition) is 4. The monoisotopic (exact) mass is 411 g/mol. The Morgan fingerprint density at radius 3 is 2.43 bits per heavy atom. The number of nitrogens with zero attached hydrogens (tertiary/aromatic N) is 2. The molecule has 1 atom stereocenters. The van der Waals surface area contributed by atoms with E-state index in [1.807, 2.05) is 57.2 Å². The highest BCUT2D eigenvalue weighted by atomic mass is 16.2. The molecule has 1 aromatic carbocycles. The largest absolute Gasteiger partial charge is 0.335 e. The first-order valence-corrected chi connectivity index (χ1v) is 9.82. The van der Waals surface area contributed by atoms with Gasteiger partial charge in [0, 0.05) is 19.8 Å².